The summed E-state index contributed by atoms with van der Waals surface area (Å²) in [6, 6.07) is 9.79. The fourth-order valence-electron chi connectivity index (χ4n) is 5.31. The summed E-state index contributed by atoms with van der Waals surface area (Å²) in [7, 11) is 1.88. The Hall–Kier alpha value is -2.83. The van der Waals surface area contributed by atoms with Crippen molar-refractivity contribution in [3.05, 3.63) is 47.8 Å². The van der Waals surface area contributed by atoms with Gasteiger partial charge in [0.15, 0.2) is 0 Å². The molecule has 1 unspecified atom stereocenters. The van der Waals surface area contributed by atoms with Gasteiger partial charge in [0.25, 0.3) is 0 Å². The summed E-state index contributed by atoms with van der Waals surface area (Å²) >= 11 is 0. The van der Waals surface area contributed by atoms with Crippen molar-refractivity contribution in [2.45, 2.75) is 58.4 Å². The molecular formula is C26H36N4O3. The smallest absolute Gasteiger partial charge is 0.247 e. The third-order valence-corrected chi connectivity index (χ3v) is 7.43. The first-order chi connectivity index (χ1) is 15.9. The molecule has 2 aliphatic rings. The number of para-hydroxylation sites is 1. The first-order valence-corrected chi connectivity index (χ1v) is 12.2. The van der Waals surface area contributed by atoms with Gasteiger partial charge >= 0.3 is 0 Å². The maximum atomic E-state index is 13.6. The second-order valence-electron chi connectivity index (χ2n) is 9.59. The van der Waals surface area contributed by atoms with E-state index >= 15 is 0 Å². The van der Waals surface area contributed by atoms with Gasteiger partial charge in [-0.1, -0.05) is 24.6 Å². The lowest BCUT2D eigenvalue weighted by atomic mass is 9.73. The maximum absolute atomic E-state index is 13.6. The van der Waals surface area contributed by atoms with Gasteiger partial charge in [0.1, 0.15) is 18.4 Å². The average molecular weight is 453 g/mol. The number of aryl methyl sites for hydroxylation is 2. The summed E-state index contributed by atoms with van der Waals surface area (Å²) < 4.78 is 7.80. The van der Waals surface area contributed by atoms with E-state index in [0.29, 0.717) is 39.1 Å². The predicted molar refractivity (Wildman–Crippen MR) is 127 cm³/mol. The van der Waals surface area contributed by atoms with Crippen LogP contribution in [0.1, 0.15) is 56.3 Å². The van der Waals surface area contributed by atoms with E-state index < -0.39 is 5.41 Å². The lowest BCUT2D eigenvalue weighted by Crippen LogP contribution is -2.52. The molecule has 0 aliphatic carbocycles. The number of fused-ring (bicyclic) bond motifs is 1. The highest BCUT2D eigenvalue weighted by molar-refractivity contribution is 5.84. The van der Waals surface area contributed by atoms with Crippen molar-refractivity contribution in [1.82, 2.24) is 19.6 Å². The Morgan fingerprint density at radius 2 is 1.85 bits per heavy atom. The van der Waals surface area contributed by atoms with Crippen LogP contribution in [-0.4, -0.2) is 64.7 Å². The molecule has 1 saturated heterocycles. The Morgan fingerprint density at radius 3 is 2.58 bits per heavy atom. The van der Waals surface area contributed by atoms with Crippen LogP contribution in [0, 0.1) is 12.3 Å². The van der Waals surface area contributed by atoms with Crippen LogP contribution in [0.5, 0.6) is 5.75 Å². The van der Waals surface area contributed by atoms with Gasteiger partial charge in [0.2, 0.25) is 11.8 Å². The molecule has 7 heteroatoms. The van der Waals surface area contributed by atoms with Crippen LogP contribution in [0.2, 0.25) is 0 Å². The molecule has 1 aromatic heterocycles. The zero-order chi connectivity index (χ0) is 23.4. The monoisotopic (exact) mass is 452 g/mol. The molecule has 1 fully saturated rings. The van der Waals surface area contributed by atoms with E-state index in [-0.39, 0.29) is 17.9 Å². The SMILES string of the molecule is Cc1ccnn1C(C)C(=O)N1CCC2(CCCCc3ccccc3OCCN(C)C2=O)CC1. The van der Waals surface area contributed by atoms with E-state index in [4.69, 9.17) is 4.74 Å². The Morgan fingerprint density at radius 1 is 1.09 bits per heavy atom. The van der Waals surface area contributed by atoms with E-state index in [1.54, 1.807) is 10.9 Å². The number of likely N-dealkylation sites (tertiary alicyclic amines) is 1. The molecule has 2 amide bonds. The third kappa shape index (κ3) is 4.92. The van der Waals surface area contributed by atoms with Gasteiger partial charge < -0.3 is 14.5 Å². The highest BCUT2D eigenvalue weighted by Crippen LogP contribution is 2.39. The van der Waals surface area contributed by atoms with Crippen LogP contribution in [0.3, 0.4) is 0 Å². The van der Waals surface area contributed by atoms with Crippen molar-refractivity contribution in [2.24, 2.45) is 5.41 Å². The van der Waals surface area contributed by atoms with Crippen LogP contribution in [0.4, 0.5) is 0 Å². The van der Waals surface area contributed by atoms with Crippen LogP contribution < -0.4 is 4.74 Å². The molecule has 1 atom stereocenters. The first kappa shape index (κ1) is 23.3. The number of likely N-dealkylation sites (N-methyl/N-ethyl adjacent to an activating group) is 1. The topological polar surface area (TPSA) is 67.7 Å². The number of hydrogen-bond donors (Lipinski definition) is 0. The lowest BCUT2D eigenvalue weighted by molar-refractivity contribution is -0.149. The number of carbonyl (C=O) groups excluding carboxylic acids is 2. The zero-order valence-electron chi connectivity index (χ0n) is 20.1. The van der Waals surface area contributed by atoms with Gasteiger partial charge in [-0.15, -0.1) is 0 Å². The molecule has 2 aliphatic heterocycles. The summed E-state index contributed by atoms with van der Waals surface area (Å²) in [4.78, 5) is 30.5. The Kier molecular flexibility index (Phi) is 7.05. The number of ether oxygens (including phenoxy) is 1. The predicted octanol–water partition coefficient (Wildman–Crippen LogP) is 3.63. The highest BCUT2D eigenvalue weighted by atomic mass is 16.5. The third-order valence-electron chi connectivity index (χ3n) is 7.43. The molecule has 33 heavy (non-hydrogen) atoms. The molecular weight excluding hydrogens is 416 g/mol. The molecule has 0 radical (unpaired) electrons. The number of hydrogen-bond acceptors (Lipinski definition) is 4. The van der Waals surface area contributed by atoms with Gasteiger partial charge in [-0.3, -0.25) is 14.3 Å². The highest BCUT2D eigenvalue weighted by Gasteiger charge is 2.43. The fourth-order valence-corrected chi connectivity index (χ4v) is 5.31. The van der Waals surface area contributed by atoms with Crippen molar-refractivity contribution < 1.29 is 14.3 Å². The summed E-state index contributed by atoms with van der Waals surface area (Å²) in [6.45, 7) is 6.14. The number of aromatic nitrogens is 2. The van der Waals surface area contributed by atoms with E-state index in [0.717, 1.165) is 37.1 Å². The van der Waals surface area contributed by atoms with E-state index in [2.05, 4.69) is 17.2 Å². The van der Waals surface area contributed by atoms with Gasteiger partial charge in [-0.25, -0.2) is 0 Å². The first-order valence-electron chi connectivity index (χ1n) is 12.2. The molecule has 1 spiro atoms. The summed E-state index contributed by atoms with van der Waals surface area (Å²) in [6.07, 6.45) is 7.00. The number of amides is 2. The van der Waals surface area contributed by atoms with Crippen LogP contribution in [-0.2, 0) is 16.0 Å². The molecule has 4 rings (SSSR count). The quantitative estimate of drug-likeness (QED) is 0.698. The van der Waals surface area contributed by atoms with Gasteiger partial charge in [-0.2, -0.15) is 5.10 Å². The minimum Gasteiger partial charge on any atom is -0.491 e. The molecule has 0 bridgehead atoms. The average Bonchev–Trinajstić information content (AvgIpc) is 3.26. The largest absolute Gasteiger partial charge is 0.491 e. The number of carbonyl (C=O) groups is 2. The number of nitrogens with zero attached hydrogens (tertiary/aromatic N) is 4. The molecule has 2 aromatic rings. The van der Waals surface area contributed by atoms with Gasteiger partial charge in [0.05, 0.1) is 12.0 Å². The maximum Gasteiger partial charge on any atom is 0.247 e. The number of benzene rings is 1. The van der Waals surface area contributed by atoms with Crippen molar-refractivity contribution in [2.75, 3.05) is 33.3 Å². The summed E-state index contributed by atoms with van der Waals surface area (Å²) in [5.41, 5.74) is 1.82. The van der Waals surface area contributed by atoms with Gasteiger partial charge in [-0.05, 0) is 63.6 Å². The summed E-state index contributed by atoms with van der Waals surface area (Å²) in [5, 5.41) is 4.31. The van der Waals surface area contributed by atoms with E-state index in [9.17, 15) is 9.59 Å². The molecule has 0 N–H and O–H groups in total. The standard InChI is InChI=1S/C26H36N4O3/c1-20-11-15-27-30(20)21(2)24(31)29-16-13-26(14-17-29)12-7-6-9-22-8-4-5-10-23(22)33-19-18-28(3)25(26)32/h4-5,8,10-11,15,21H,6-7,9,12-14,16-19H2,1-3H3. The second kappa shape index (κ2) is 9.98. The Bertz CT molecular complexity index is 977. The molecule has 3 heterocycles. The van der Waals surface area contributed by atoms with Crippen LogP contribution in [0.25, 0.3) is 0 Å². The van der Waals surface area contributed by atoms with Gasteiger partial charge in [0, 0.05) is 32.0 Å². The minimum absolute atomic E-state index is 0.0793. The molecule has 178 valence electrons. The normalized spacial score (nSPS) is 20.4. The second-order valence-corrected chi connectivity index (χ2v) is 9.59. The van der Waals surface area contributed by atoms with Crippen molar-refractivity contribution in [3.8, 4) is 5.75 Å². The Labute approximate surface area is 196 Å². The Balaban J connectivity index is 1.44. The van der Waals surface area contributed by atoms with Crippen LogP contribution >= 0.6 is 0 Å². The molecule has 0 saturated carbocycles. The van der Waals surface area contributed by atoms with Crippen molar-refractivity contribution in [3.63, 3.8) is 0 Å². The van der Waals surface area contributed by atoms with Crippen molar-refractivity contribution >= 4 is 11.8 Å². The number of piperidine rings is 1. The number of rotatable bonds is 2. The lowest BCUT2D eigenvalue weighted by Gasteiger charge is -2.43. The molecule has 7 nitrogen and oxygen atoms in total. The van der Waals surface area contributed by atoms with E-state index in [1.807, 2.05) is 48.9 Å². The summed E-state index contributed by atoms with van der Waals surface area (Å²) in [5.74, 6) is 1.21. The molecule has 1 aromatic carbocycles. The van der Waals surface area contributed by atoms with E-state index in [1.165, 1.54) is 5.56 Å². The zero-order valence-corrected chi connectivity index (χ0v) is 20.1. The van der Waals surface area contributed by atoms with Crippen LogP contribution in [0.15, 0.2) is 36.5 Å². The minimum atomic E-state index is -0.394. The van der Waals surface area contributed by atoms with Crippen molar-refractivity contribution in [1.29, 1.82) is 0 Å². The fraction of sp³-hybridized carbons (Fsp3) is 0.577.